The number of amides is 4. The molecule has 12 heterocycles. The molecule has 16 rings (SSSR count). The average molecular weight is 1800 g/mol. The summed E-state index contributed by atoms with van der Waals surface area (Å²) in [5, 5.41) is 35.7. The quantitative estimate of drug-likeness (QED) is 0.0464. The van der Waals surface area contributed by atoms with Crippen molar-refractivity contribution >= 4 is 160 Å². The number of carbonyl (C=O) groups is 4. The number of aryl methyl sites for hydroxylation is 6. The van der Waals surface area contributed by atoms with E-state index >= 15 is 0 Å². The zero-order valence-electron chi connectivity index (χ0n) is 72.4. The van der Waals surface area contributed by atoms with Gasteiger partial charge >= 0.3 is 0 Å². The summed E-state index contributed by atoms with van der Waals surface area (Å²) in [6, 6.07) is 29.7. The van der Waals surface area contributed by atoms with Crippen molar-refractivity contribution in [2.24, 2.45) is 0 Å². The summed E-state index contributed by atoms with van der Waals surface area (Å²) in [7, 11) is 2.15. The first kappa shape index (κ1) is 92.3. The summed E-state index contributed by atoms with van der Waals surface area (Å²) in [5.74, 6) is -1.18. The highest BCUT2D eigenvalue weighted by molar-refractivity contribution is 6.41. The number of pyridine rings is 4. The Morgan fingerprint density at radius 2 is 0.548 bits per heavy atom. The normalized spacial score (nSPS) is 15.5. The van der Waals surface area contributed by atoms with Crippen molar-refractivity contribution in [2.45, 2.75) is 101 Å². The molecular formula is C90H110Cl6N24O4. The Balaban J connectivity index is 0.000000142. The van der Waals surface area contributed by atoms with Crippen LogP contribution in [0.2, 0.25) is 30.1 Å². The molecule has 4 N–H and O–H groups in total. The molecule has 0 spiro atoms. The molecule has 4 saturated heterocycles. The van der Waals surface area contributed by atoms with Crippen LogP contribution in [0.15, 0.2) is 122 Å². The Bertz CT molecular complexity index is 5520. The molecule has 0 radical (unpaired) electrons. The van der Waals surface area contributed by atoms with Gasteiger partial charge in [0.1, 0.15) is 0 Å². The first-order valence-corrected chi connectivity index (χ1v) is 44.7. The fraction of sp³-hybridized carbons (Fsp3) is 0.422. The van der Waals surface area contributed by atoms with Crippen molar-refractivity contribution in [1.82, 2.24) is 98.3 Å². The fourth-order valence-corrected chi connectivity index (χ4v) is 17.3. The lowest BCUT2D eigenvalue weighted by atomic mass is 10.2. The van der Waals surface area contributed by atoms with E-state index in [1.807, 2.05) is 109 Å². The van der Waals surface area contributed by atoms with Crippen molar-refractivity contribution in [3.63, 3.8) is 0 Å². The molecule has 4 fully saturated rings. The van der Waals surface area contributed by atoms with E-state index in [1.54, 1.807) is 60.9 Å². The maximum absolute atomic E-state index is 12.8. The first-order valence-electron chi connectivity index (χ1n) is 42.4. The molecule has 4 aromatic carbocycles. The van der Waals surface area contributed by atoms with Gasteiger partial charge in [0.25, 0.3) is 23.6 Å². The van der Waals surface area contributed by atoms with Crippen LogP contribution in [-0.4, -0.2) is 279 Å². The van der Waals surface area contributed by atoms with Crippen LogP contribution < -0.4 is 21.3 Å². The first-order chi connectivity index (χ1) is 59.7. The lowest BCUT2D eigenvalue weighted by molar-refractivity contribution is 0.101. The maximum atomic E-state index is 12.8. The minimum Gasteiger partial charge on any atom is -0.322 e. The van der Waals surface area contributed by atoms with Crippen LogP contribution in [0.25, 0.3) is 44.1 Å². The summed E-state index contributed by atoms with van der Waals surface area (Å²) in [4.78, 5) is 88.9. The highest BCUT2D eigenvalue weighted by atomic mass is 35.5. The molecule has 124 heavy (non-hydrogen) atoms. The Morgan fingerprint density at radius 1 is 0.323 bits per heavy atom. The summed E-state index contributed by atoms with van der Waals surface area (Å²) in [6.07, 6.45) is 6.13. The van der Waals surface area contributed by atoms with E-state index in [9.17, 15) is 19.2 Å². The van der Waals surface area contributed by atoms with Gasteiger partial charge in [-0.25, -0.2) is 38.7 Å². The number of halogens is 6. The molecule has 0 atom stereocenters. The molecule has 34 heteroatoms. The minimum absolute atomic E-state index is 0.274. The number of hydrogen-bond donors (Lipinski definition) is 4. The summed E-state index contributed by atoms with van der Waals surface area (Å²) in [6.45, 7) is 46.6. The summed E-state index contributed by atoms with van der Waals surface area (Å²) in [5.41, 5.74) is 12.3. The van der Waals surface area contributed by atoms with Gasteiger partial charge in [-0.05, 0) is 148 Å². The highest BCUT2D eigenvalue weighted by Crippen LogP contribution is 2.35. The molecule has 0 aliphatic carbocycles. The van der Waals surface area contributed by atoms with Gasteiger partial charge in [-0.2, -0.15) is 20.4 Å². The molecule has 4 amide bonds. The van der Waals surface area contributed by atoms with E-state index in [0.717, 1.165) is 248 Å². The highest BCUT2D eigenvalue weighted by Gasteiger charge is 2.28. The molecule has 4 aliphatic heterocycles. The molecule has 0 saturated carbocycles. The number of fused-ring (bicyclic) bond motifs is 4. The molecular weight excluding hydrogens is 1690 g/mol. The zero-order chi connectivity index (χ0) is 88.0. The van der Waals surface area contributed by atoms with Gasteiger partial charge in [-0.15, -0.1) is 0 Å². The van der Waals surface area contributed by atoms with Gasteiger partial charge < -0.3 is 36.0 Å². The third-order valence-electron chi connectivity index (χ3n) is 23.4. The number of benzene rings is 4. The predicted octanol–water partition coefficient (Wildman–Crippen LogP) is 15.1. The van der Waals surface area contributed by atoms with Gasteiger partial charge in [-0.3, -0.25) is 43.7 Å². The van der Waals surface area contributed by atoms with Crippen molar-refractivity contribution in [3.05, 3.63) is 208 Å². The predicted molar refractivity (Wildman–Crippen MR) is 500 cm³/mol. The molecule has 28 nitrogen and oxygen atoms in total. The van der Waals surface area contributed by atoms with E-state index in [1.165, 1.54) is 12.4 Å². The topological polar surface area (TPSA) is 265 Å². The number of aromatic nitrogens is 12. The second kappa shape index (κ2) is 42.8. The second-order valence-electron chi connectivity index (χ2n) is 32.2. The standard InChI is InChI=1S/C24H31ClN6O.C23H29ClN6O.C22H26Cl2N6O.C21H24Cl2N6O/c1-16(2)30-12-9-29(10-13-30)11-14-31-23-21(18(4)28-31)22(25)20(15-26-23)24(32)27-19-7-5-17(3)6-8-19;1-4-28-9-11-29(12-10-28)13-14-30-22-20(17(3)27-30)21(24)19(15-25-22)23(31)26-18-7-5-16(2)6-8-18;1-3-28-8-10-29(11-9-28)12-13-30-21-19(15(2)27-30)20(24)18(14-25-21)22(31)26-17-6-4-16(23)5-7-17;1-14-18-19(23)17(21(30)25-16-5-3-15(22)4-6-16)13-24-20(18)29(26-14)12-11-28-9-7-27(2)8-10-28/h5-8,15-16H,9-14H2,1-4H3,(H,27,32);5-8,15H,4,9-14H2,1-3H3,(H,26,31);4-7,14H,3,8-13H2,1-2H3,(H,26,31);3-6,13H,7-12H2,1-2H3,(H,25,30). The largest absolute Gasteiger partial charge is 0.322 e. The Morgan fingerprint density at radius 3 is 0.790 bits per heavy atom. The van der Waals surface area contributed by atoms with Gasteiger partial charge in [0.05, 0.1) is 113 Å². The molecule has 4 aliphatic rings. The average Bonchev–Trinajstić information content (AvgIpc) is 1.63. The number of nitrogens with one attached hydrogen (secondary N) is 4. The van der Waals surface area contributed by atoms with Crippen molar-refractivity contribution in [1.29, 1.82) is 0 Å². The zero-order valence-corrected chi connectivity index (χ0v) is 76.9. The SMILES string of the molecule is CCN1CCN(CCn2nc(C)c3c(Cl)c(C(=O)Nc4ccc(C)cc4)cnc32)CC1.CCN1CCN(CCn2nc(C)c3c(Cl)c(C(=O)Nc4ccc(Cl)cc4)cnc32)CC1.Cc1ccc(NC(=O)c2cnc3c(c(C)nn3CCN3CCN(C(C)C)CC3)c2Cl)cc1.Cc1nn(CCN2CCN(C)CC2)c2ncc(C(=O)Nc3ccc(Cl)cc3)c(Cl)c12. The lowest BCUT2D eigenvalue weighted by Crippen LogP contribution is -2.49. The number of rotatable bonds is 23. The van der Waals surface area contributed by atoms with E-state index in [2.05, 4.69) is 136 Å². The maximum Gasteiger partial charge on any atom is 0.258 e. The van der Waals surface area contributed by atoms with Crippen LogP contribution in [0.3, 0.4) is 0 Å². The Kier molecular flexibility index (Phi) is 31.8. The fourth-order valence-electron chi connectivity index (χ4n) is 15.7. The number of anilines is 4. The Hall–Kier alpha value is -9.34. The van der Waals surface area contributed by atoms with Crippen molar-refractivity contribution in [3.8, 4) is 0 Å². The summed E-state index contributed by atoms with van der Waals surface area (Å²) < 4.78 is 7.59. The third-order valence-corrected chi connectivity index (χ3v) is 25.4. The van der Waals surface area contributed by atoms with Crippen LogP contribution in [0, 0.1) is 41.5 Å². The van der Waals surface area contributed by atoms with Gasteiger partial charge in [0, 0.05) is 195 Å². The van der Waals surface area contributed by atoms with Crippen LogP contribution in [-0.2, 0) is 26.2 Å². The van der Waals surface area contributed by atoms with Gasteiger partial charge in [0.15, 0.2) is 22.6 Å². The molecule has 656 valence electrons. The number of carbonyl (C=O) groups excluding carboxylic acids is 4. The lowest BCUT2D eigenvalue weighted by Gasteiger charge is -2.36. The smallest absolute Gasteiger partial charge is 0.258 e. The van der Waals surface area contributed by atoms with Crippen LogP contribution in [0.5, 0.6) is 0 Å². The van der Waals surface area contributed by atoms with E-state index < -0.39 is 0 Å². The van der Waals surface area contributed by atoms with Crippen LogP contribution >= 0.6 is 69.6 Å². The van der Waals surface area contributed by atoms with E-state index in [4.69, 9.17) is 69.6 Å². The molecule has 0 bridgehead atoms. The number of hydrogen-bond acceptors (Lipinski definition) is 20. The van der Waals surface area contributed by atoms with E-state index in [0.29, 0.717) is 81.1 Å². The summed E-state index contributed by atoms with van der Waals surface area (Å²) >= 11 is 38.4. The monoisotopic (exact) mass is 1800 g/mol. The van der Waals surface area contributed by atoms with Crippen LogP contribution in [0.1, 0.15) is 103 Å². The van der Waals surface area contributed by atoms with Crippen LogP contribution in [0.4, 0.5) is 22.7 Å². The van der Waals surface area contributed by atoms with Crippen molar-refractivity contribution < 1.29 is 19.2 Å². The molecule has 8 aromatic heterocycles. The van der Waals surface area contributed by atoms with Crippen molar-refractivity contribution in [2.75, 3.05) is 172 Å². The number of likely N-dealkylation sites (N-methyl/N-ethyl adjacent to an activating group) is 3. The molecule has 0 unspecified atom stereocenters. The van der Waals surface area contributed by atoms with Gasteiger partial charge in [-0.1, -0.05) is 119 Å². The number of piperazine rings is 4. The third kappa shape index (κ3) is 23.1. The Labute approximate surface area is 754 Å². The molecule has 12 aromatic rings. The van der Waals surface area contributed by atoms with Gasteiger partial charge in [0.2, 0.25) is 0 Å². The van der Waals surface area contributed by atoms with E-state index in [-0.39, 0.29) is 23.6 Å². The second-order valence-corrected chi connectivity index (χ2v) is 34.6. The number of nitrogens with zero attached hydrogens (tertiary/aromatic N) is 20. The minimum atomic E-state index is -0.318.